The molecule has 0 saturated carbocycles. The second-order valence-corrected chi connectivity index (χ2v) is 7.97. The van der Waals surface area contributed by atoms with E-state index in [1.165, 1.54) is 4.40 Å². The first-order valence-electron chi connectivity index (χ1n) is 11.0. The average molecular weight is 454 g/mol. The van der Waals surface area contributed by atoms with Crippen molar-refractivity contribution in [3.8, 4) is 6.07 Å². The Morgan fingerprint density at radius 2 is 1.03 bits per heavy atom. The second-order valence-electron chi connectivity index (χ2n) is 7.97. The molecule has 3 aromatic carbocycles. The highest BCUT2D eigenvalue weighted by Gasteiger charge is 2.30. The molecule has 0 radical (unpaired) electrons. The minimum absolute atomic E-state index is 0.0249. The third kappa shape index (κ3) is 3.84. The summed E-state index contributed by atoms with van der Waals surface area (Å²) in [6, 6.07) is 31.2. The molecule has 5 aromatic rings. The smallest absolute Gasteiger partial charge is 0.196 e. The van der Waals surface area contributed by atoms with Crippen LogP contribution in [0.3, 0.4) is 0 Å². The van der Waals surface area contributed by atoms with Crippen LogP contribution in [0.15, 0.2) is 109 Å². The minimum atomic E-state index is -0.430. The van der Waals surface area contributed by atoms with E-state index in [9.17, 15) is 19.6 Å². The fourth-order valence-electron chi connectivity index (χ4n) is 4.18. The van der Waals surface area contributed by atoms with Gasteiger partial charge in [-0.2, -0.15) is 5.26 Å². The van der Waals surface area contributed by atoms with Crippen LogP contribution < -0.4 is 0 Å². The van der Waals surface area contributed by atoms with E-state index in [4.69, 9.17) is 0 Å². The van der Waals surface area contributed by atoms with Crippen LogP contribution in [-0.4, -0.2) is 21.8 Å². The number of nitriles is 1. The molecule has 5 heteroatoms. The van der Waals surface area contributed by atoms with Crippen LogP contribution in [0.5, 0.6) is 0 Å². The Kier molecular flexibility index (Phi) is 5.62. The Morgan fingerprint density at radius 3 is 1.51 bits per heavy atom. The highest BCUT2D eigenvalue weighted by atomic mass is 16.1. The monoisotopic (exact) mass is 454 g/mol. The van der Waals surface area contributed by atoms with Crippen LogP contribution in [0.4, 0.5) is 0 Å². The Bertz CT molecular complexity index is 1630. The largest absolute Gasteiger partial charge is 0.307 e. The number of hydrogen-bond acceptors (Lipinski definition) is 4. The molecule has 0 saturated heterocycles. The van der Waals surface area contributed by atoms with Gasteiger partial charge in [-0.05, 0) is 12.1 Å². The molecular weight excluding hydrogens is 436 g/mol. The summed E-state index contributed by atoms with van der Waals surface area (Å²) in [4.78, 5) is 40.5. The Labute approximate surface area is 201 Å². The van der Waals surface area contributed by atoms with Crippen molar-refractivity contribution < 1.29 is 14.4 Å². The number of rotatable bonds is 6. The second kappa shape index (κ2) is 9.05. The third-order valence-electron chi connectivity index (χ3n) is 5.87. The summed E-state index contributed by atoms with van der Waals surface area (Å²) < 4.78 is 1.51. The minimum Gasteiger partial charge on any atom is -0.307 e. The molecule has 5 rings (SSSR count). The van der Waals surface area contributed by atoms with E-state index in [1.807, 2.05) is 6.07 Å². The number of benzene rings is 3. The molecule has 0 N–H and O–H groups in total. The highest BCUT2D eigenvalue weighted by molar-refractivity contribution is 6.24. The van der Waals surface area contributed by atoms with E-state index in [1.54, 1.807) is 103 Å². The lowest BCUT2D eigenvalue weighted by molar-refractivity contribution is 0.100. The number of carbonyl (C=O) groups excluding carboxylic acids is 3. The fourth-order valence-corrected chi connectivity index (χ4v) is 4.18. The third-order valence-corrected chi connectivity index (χ3v) is 5.87. The predicted octanol–water partition coefficient (Wildman–Crippen LogP) is 5.50. The number of pyridine rings is 1. The van der Waals surface area contributed by atoms with Gasteiger partial charge >= 0.3 is 0 Å². The van der Waals surface area contributed by atoms with Crippen LogP contribution in [0.1, 0.15) is 53.5 Å². The Balaban J connectivity index is 1.79. The zero-order chi connectivity index (χ0) is 24.4. The molecule has 166 valence electrons. The SMILES string of the molecule is N#Cc1c(C(=O)c2ccccc2)c(C(=O)c2ccccc2)c2cc(C(=O)c3ccccc3)ccn12. The van der Waals surface area contributed by atoms with Crippen LogP contribution >= 0.6 is 0 Å². The van der Waals surface area contributed by atoms with Crippen molar-refractivity contribution >= 4 is 22.9 Å². The van der Waals surface area contributed by atoms with Crippen molar-refractivity contribution in [1.29, 1.82) is 5.26 Å². The molecule has 0 aliphatic carbocycles. The van der Waals surface area contributed by atoms with Crippen LogP contribution in [-0.2, 0) is 0 Å². The molecule has 5 nitrogen and oxygen atoms in total. The van der Waals surface area contributed by atoms with E-state index in [2.05, 4.69) is 6.07 Å². The first-order valence-corrected chi connectivity index (χ1v) is 11.0. The maximum atomic E-state index is 13.7. The number of ketones is 3. The molecule has 0 fully saturated rings. The molecule has 0 atom stereocenters. The van der Waals surface area contributed by atoms with Gasteiger partial charge < -0.3 is 4.40 Å². The highest BCUT2D eigenvalue weighted by Crippen LogP contribution is 2.30. The van der Waals surface area contributed by atoms with Gasteiger partial charge in [0.15, 0.2) is 17.3 Å². The van der Waals surface area contributed by atoms with Gasteiger partial charge in [-0.3, -0.25) is 14.4 Å². The van der Waals surface area contributed by atoms with Crippen molar-refractivity contribution in [3.63, 3.8) is 0 Å². The molecule has 0 amide bonds. The van der Waals surface area contributed by atoms with Crippen molar-refractivity contribution in [3.05, 3.63) is 148 Å². The maximum Gasteiger partial charge on any atom is 0.196 e. The number of carbonyl (C=O) groups is 3. The van der Waals surface area contributed by atoms with E-state index in [-0.39, 0.29) is 22.6 Å². The van der Waals surface area contributed by atoms with Gasteiger partial charge in [0, 0.05) is 28.5 Å². The summed E-state index contributed by atoms with van der Waals surface area (Å²) >= 11 is 0. The van der Waals surface area contributed by atoms with Crippen LogP contribution in [0.2, 0.25) is 0 Å². The van der Waals surface area contributed by atoms with Gasteiger partial charge in [-0.25, -0.2) is 0 Å². The van der Waals surface area contributed by atoms with Gasteiger partial charge in [0.1, 0.15) is 11.8 Å². The lowest BCUT2D eigenvalue weighted by Gasteiger charge is -2.06. The fraction of sp³-hybridized carbons (Fsp3) is 0. The number of aromatic nitrogens is 1. The van der Waals surface area contributed by atoms with Crippen molar-refractivity contribution in [2.45, 2.75) is 0 Å². The summed E-state index contributed by atoms with van der Waals surface area (Å²) in [7, 11) is 0. The molecule has 0 bridgehead atoms. The van der Waals surface area contributed by atoms with Gasteiger partial charge in [0.25, 0.3) is 0 Å². The molecule has 0 unspecified atom stereocenters. The van der Waals surface area contributed by atoms with E-state index in [0.717, 1.165) is 0 Å². The summed E-state index contributed by atoms with van der Waals surface area (Å²) in [6.45, 7) is 0. The normalized spacial score (nSPS) is 10.6. The quantitative estimate of drug-likeness (QED) is 0.317. The first-order chi connectivity index (χ1) is 17.1. The predicted molar refractivity (Wildman–Crippen MR) is 132 cm³/mol. The van der Waals surface area contributed by atoms with Gasteiger partial charge in [0.2, 0.25) is 0 Å². The summed E-state index contributed by atoms with van der Waals surface area (Å²) in [5.41, 5.74) is 2.10. The molecule has 2 aromatic heterocycles. The molecule has 0 aliphatic heterocycles. The Hall–Kier alpha value is -5.08. The zero-order valence-electron chi connectivity index (χ0n) is 18.5. The Morgan fingerprint density at radius 1 is 0.571 bits per heavy atom. The molecule has 0 spiro atoms. The maximum absolute atomic E-state index is 13.7. The molecular formula is C30H18N2O3. The number of nitrogens with zero attached hydrogens (tertiary/aromatic N) is 2. The standard InChI is InChI=1S/C30H18N2O3/c31-19-25-27(30(35)22-14-8-3-9-15-22)26(29(34)21-12-6-2-7-13-21)24-18-23(16-17-32(24)25)28(33)20-10-4-1-5-11-20/h1-18H. The van der Waals surface area contributed by atoms with E-state index >= 15 is 0 Å². The average Bonchev–Trinajstić information content (AvgIpc) is 3.26. The van der Waals surface area contributed by atoms with E-state index < -0.39 is 11.6 Å². The van der Waals surface area contributed by atoms with Gasteiger partial charge in [0.05, 0.1) is 16.6 Å². The first kappa shape index (κ1) is 21.7. The van der Waals surface area contributed by atoms with Crippen molar-refractivity contribution in [2.24, 2.45) is 0 Å². The lowest BCUT2D eigenvalue weighted by Crippen LogP contribution is -2.10. The van der Waals surface area contributed by atoms with Crippen LogP contribution in [0.25, 0.3) is 5.52 Å². The van der Waals surface area contributed by atoms with Crippen molar-refractivity contribution in [1.82, 2.24) is 4.40 Å². The van der Waals surface area contributed by atoms with Gasteiger partial charge in [-0.1, -0.05) is 91.0 Å². The zero-order valence-corrected chi connectivity index (χ0v) is 18.5. The summed E-state index contributed by atoms with van der Waals surface area (Å²) in [6.07, 6.45) is 1.56. The van der Waals surface area contributed by atoms with Gasteiger partial charge in [-0.15, -0.1) is 0 Å². The lowest BCUT2D eigenvalue weighted by atomic mass is 9.93. The molecule has 35 heavy (non-hydrogen) atoms. The summed E-state index contributed by atoms with van der Waals surface area (Å²) in [5, 5.41) is 10.0. The molecule has 2 heterocycles. The van der Waals surface area contributed by atoms with E-state index in [0.29, 0.717) is 27.8 Å². The van der Waals surface area contributed by atoms with Crippen molar-refractivity contribution in [2.75, 3.05) is 0 Å². The molecule has 0 aliphatic rings. The van der Waals surface area contributed by atoms with Crippen LogP contribution in [0, 0.1) is 11.3 Å². The topological polar surface area (TPSA) is 79.4 Å². The summed E-state index contributed by atoms with van der Waals surface area (Å²) in [5.74, 6) is -1.05. The number of hydrogen-bond donors (Lipinski definition) is 0. The number of fused-ring (bicyclic) bond motifs is 1.